The van der Waals surface area contributed by atoms with Crippen molar-refractivity contribution in [1.29, 1.82) is 0 Å². The van der Waals surface area contributed by atoms with E-state index in [0.717, 1.165) is 17.1 Å². The molecule has 0 aromatic rings. The summed E-state index contributed by atoms with van der Waals surface area (Å²) in [5.41, 5.74) is 0. The predicted molar refractivity (Wildman–Crippen MR) is 105 cm³/mol. The van der Waals surface area contributed by atoms with Crippen LogP contribution in [0.25, 0.3) is 0 Å². The summed E-state index contributed by atoms with van der Waals surface area (Å²) in [6, 6.07) is -1.06. The van der Waals surface area contributed by atoms with Crippen LogP contribution >= 0.6 is 0 Å². The van der Waals surface area contributed by atoms with Crippen LogP contribution in [0.15, 0.2) is 25.3 Å². The Morgan fingerprint density at radius 3 is 2.03 bits per heavy atom. The van der Waals surface area contributed by atoms with Gasteiger partial charge in [-0.3, -0.25) is 19.3 Å². The molecule has 0 saturated heterocycles. The minimum absolute atomic E-state index is 0. The van der Waals surface area contributed by atoms with E-state index in [-0.39, 0.29) is 14.9 Å². The van der Waals surface area contributed by atoms with Crippen LogP contribution < -0.4 is 5.32 Å². The van der Waals surface area contributed by atoms with Gasteiger partial charge in [0, 0.05) is 12.2 Å². The average Bonchev–Trinajstić information content (AvgIpc) is 2.99. The molecule has 3 amide bonds. The zero-order chi connectivity index (χ0) is 21.1. The molecule has 11 nitrogen and oxygen atoms in total. The molecular weight excluding hydrogens is 388 g/mol. The third kappa shape index (κ3) is 9.74. The van der Waals surface area contributed by atoms with E-state index in [0.29, 0.717) is 0 Å². The van der Waals surface area contributed by atoms with Crippen molar-refractivity contribution in [3.8, 4) is 0 Å². The standard InChI is InChI=1S/C14H22N2O9.C2H4.2CH4/c1-7(16-11(20)3-4-12(16)21)14(23)15-8(2)25-24-6-10(19)13(22)9(18)5-17;1-2;;/h3-4,7-10,13,17-19,22H,5-6H2,1-2H3,(H,15,23);1-2H2;2*1H4. The molecule has 0 spiro atoms. The molecule has 0 aliphatic carbocycles. The fourth-order valence-corrected chi connectivity index (χ4v) is 1.93. The van der Waals surface area contributed by atoms with Crippen LogP contribution in [0.2, 0.25) is 0 Å². The molecule has 1 aliphatic heterocycles. The highest BCUT2D eigenvalue weighted by atomic mass is 17.2. The third-order valence-corrected chi connectivity index (χ3v) is 3.38. The van der Waals surface area contributed by atoms with E-state index >= 15 is 0 Å². The monoisotopic (exact) mass is 422 g/mol. The van der Waals surface area contributed by atoms with Gasteiger partial charge in [0.1, 0.15) is 31.0 Å². The van der Waals surface area contributed by atoms with E-state index < -0.39 is 61.5 Å². The van der Waals surface area contributed by atoms with Crippen molar-refractivity contribution in [1.82, 2.24) is 10.2 Å². The van der Waals surface area contributed by atoms with E-state index in [1.165, 1.54) is 13.8 Å². The zero-order valence-electron chi connectivity index (χ0n) is 15.1. The first-order valence-corrected chi connectivity index (χ1v) is 7.98. The highest BCUT2D eigenvalue weighted by Crippen LogP contribution is 2.09. The topological polar surface area (TPSA) is 166 Å². The van der Waals surface area contributed by atoms with Crippen molar-refractivity contribution in [3.63, 3.8) is 0 Å². The second-order valence-electron chi connectivity index (χ2n) is 5.40. The second kappa shape index (κ2) is 15.7. The Labute approximate surface area is 171 Å². The molecule has 0 saturated carbocycles. The van der Waals surface area contributed by atoms with Gasteiger partial charge in [0.25, 0.3) is 11.8 Å². The van der Waals surface area contributed by atoms with Crippen LogP contribution in [-0.2, 0) is 24.2 Å². The van der Waals surface area contributed by atoms with Gasteiger partial charge in [-0.05, 0) is 13.8 Å². The van der Waals surface area contributed by atoms with Gasteiger partial charge in [-0.1, -0.05) is 14.9 Å². The molecule has 0 bridgehead atoms. The molecule has 1 aliphatic rings. The average molecular weight is 422 g/mol. The summed E-state index contributed by atoms with van der Waals surface area (Å²) in [5.74, 6) is -1.87. The van der Waals surface area contributed by atoms with Crippen molar-refractivity contribution in [2.24, 2.45) is 0 Å². The predicted octanol–water partition coefficient (Wildman–Crippen LogP) is -1.14. The molecule has 11 heteroatoms. The zero-order valence-corrected chi connectivity index (χ0v) is 15.1. The van der Waals surface area contributed by atoms with Crippen molar-refractivity contribution in [2.45, 2.75) is 59.3 Å². The lowest BCUT2D eigenvalue weighted by Crippen LogP contribution is -2.50. The minimum atomic E-state index is -1.64. The lowest BCUT2D eigenvalue weighted by atomic mass is 10.1. The van der Waals surface area contributed by atoms with E-state index in [1.54, 1.807) is 0 Å². The second-order valence-corrected chi connectivity index (χ2v) is 5.40. The van der Waals surface area contributed by atoms with E-state index in [1.807, 2.05) is 0 Å². The number of aliphatic hydroxyl groups excluding tert-OH is 4. The number of nitrogens with one attached hydrogen (secondary N) is 1. The molecule has 5 unspecified atom stereocenters. The quantitative estimate of drug-likeness (QED) is 0.0961. The number of rotatable bonds is 10. The molecule has 0 radical (unpaired) electrons. The molecule has 0 fully saturated rings. The Morgan fingerprint density at radius 1 is 1.10 bits per heavy atom. The van der Waals surface area contributed by atoms with Crippen molar-refractivity contribution >= 4 is 17.7 Å². The summed E-state index contributed by atoms with van der Waals surface area (Å²) in [7, 11) is 0. The van der Waals surface area contributed by atoms with Gasteiger partial charge >= 0.3 is 0 Å². The molecule has 170 valence electrons. The maximum Gasteiger partial charge on any atom is 0.254 e. The third-order valence-electron chi connectivity index (χ3n) is 3.38. The SMILES string of the molecule is C.C.C=C.CC(NC(=O)C(C)N1C(=O)C=CC1=O)OOCC(O)C(O)C(O)CO. The van der Waals surface area contributed by atoms with Crippen LogP contribution in [0.4, 0.5) is 0 Å². The number of amides is 3. The summed E-state index contributed by atoms with van der Waals surface area (Å²) < 4.78 is 0. The van der Waals surface area contributed by atoms with Crippen LogP contribution in [0.3, 0.4) is 0 Å². The highest BCUT2D eigenvalue weighted by molar-refractivity contribution is 6.15. The largest absolute Gasteiger partial charge is 0.394 e. The Balaban J connectivity index is -0.00000163. The molecule has 29 heavy (non-hydrogen) atoms. The summed E-state index contributed by atoms with van der Waals surface area (Å²) in [6.07, 6.45) is -3.60. The van der Waals surface area contributed by atoms with Gasteiger partial charge in [0.15, 0.2) is 6.23 Å². The van der Waals surface area contributed by atoms with Crippen molar-refractivity contribution in [2.75, 3.05) is 13.2 Å². The first-order valence-electron chi connectivity index (χ1n) is 7.98. The normalized spacial score (nSPS) is 17.7. The van der Waals surface area contributed by atoms with Crippen molar-refractivity contribution < 1.29 is 44.6 Å². The highest BCUT2D eigenvalue weighted by Gasteiger charge is 2.33. The van der Waals surface area contributed by atoms with Gasteiger partial charge in [-0.15, -0.1) is 13.2 Å². The minimum Gasteiger partial charge on any atom is -0.394 e. The summed E-state index contributed by atoms with van der Waals surface area (Å²) in [5, 5.41) is 39.0. The van der Waals surface area contributed by atoms with Crippen LogP contribution in [0.1, 0.15) is 28.7 Å². The van der Waals surface area contributed by atoms with E-state index in [4.69, 9.17) is 15.1 Å². The Bertz CT molecular complexity index is 523. The fraction of sp³-hybridized carbons (Fsp3) is 0.611. The molecule has 0 aromatic carbocycles. The number of carbonyl (C=O) groups excluding carboxylic acids is 3. The summed E-state index contributed by atoms with van der Waals surface area (Å²) in [6.45, 7) is 7.47. The smallest absolute Gasteiger partial charge is 0.254 e. The summed E-state index contributed by atoms with van der Waals surface area (Å²) >= 11 is 0. The molecule has 5 atom stereocenters. The maximum absolute atomic E-state index is 12.0. The Hall–Kier alpha value is -2.15. The van der Waals surface area contributed by atoms with Crippen LogP contribution in [-0.4, -0.2) is 86.8 Å². The van der Waals surface area contributed by atoms with E-state index in [2.05, 4.69) is 23.4 Å². The molecule has 1 rings (SSSR count). The van der Waals surface area contributed by atoms with Crippen molar-refractivity contribution in [3.05, 3.63) is 25.3 Å². The van der Waals surface area contributed by atoms with Crippen LogP contribution in [0.5, 0.6) is 0 Å². The van der Waals surface area contributed by atoms with Crippen LogP contribution in [0, 0.1) is 0 Å². The molecule has 0 aromatic heterocycles. The van der Waals surface area contributed by atoms with Gasteiger partial charge in [-0.25, -0.2) is 9.78 Å². The lowest BCUT2D eigenvalue weighted by molar-refractivity contribution is -0.338. The van der Waals surface area contributed by atoms with Gasteiger partial charge in [0.05, 0.1) is 6.61 Å². The van der Waals surface area contributed by atoms with Gasteiger partial charge in [-0.2, -0.15) is 0 Å². The summed E-state index contributed by atoms with van der Waals surface area (Å²) in [4.78, 5) is 45.2. The fourth-order valence-electron chi connectivity index (χ4n) is 1.93. The number of hydrogen-bond donors (Lipinski definition) is 5. The Kier molecular flexibility index (Phi) is 17.1. The lowest BCUT2D eigenvalue weighted by Gasteiger charge is -2.24. The van der Waals surface area contributed by atoms with Gasteiger partial charge in [0.2, 0.25) is 5.91 Å². The maximum atomic E-state index is 12.0. The Morgan fingerprint density at radius 2 is 1.59 bits per heavy atom. The number of nitrogens with zero attached hydrogens (tertiary/aromatic N) is 1. The number of imide groups is 1. The van der Waals surface area contributed by atoms with Gasteiger partial charge < -0.3 is 25.7 Å². The van der Waals surface area contributed by atoms with E-state index in [9.17, 15) is 24.6 Å². The molecule has 1 heterocycles. The molecular formula is C18H34N2O9. The first-order chi connectivity index (χ1) is 12.7. The number of carbonyl (C=O) groups is 3. The number of aliphatic hydroxyl groups is 4. The number of hydrogen-bond acceptors (Lipinski definition) is 9. The molecule has 5 N–H and O–H groups in total. The first kappa shape index (κ1) is 31.5.